The Bertz CT molecular complexity index is 95.0. The minimum atomic E-state index is -0.532. The zero-order valence-corrected chi connectivity index (χ0v) is 6.35. The Morgan fingerprint density at radius 1 is 1.50 bits per heavy atom. The fourth-order valence-electron chi connectivity index (χ4n) is 0.373. The lowest BCUT2D eigenvalue weighted by Gasteiger charge is -2.03. The van der Waals surface area contributed by atoms with E-state index in [2.05, 4.69) is 15.1 Å². The van der Waals surface area contributed by atoms with Crippen LogP contribution >= 0.6 is 0 Å². The van der Waals surface area contributed by atoms with Gasteiger partial charge in [0.25, 0.3) is 0 Å². The predicted octanol–water partition coefficient (Wildman–Crippen LogP) is 1.07. The van der Waals surface area contributed by atoms with Crippen LogP contribution in [-0.2, 0) is 9.57 Å². The van der Waals surface area contributed by atoms with E-state index in [-0.39, 0.29) is 0 Å². The Morgan fingerprint density at radius 3 is 2.70 bits per heavy atom. The largest absolute Gasteiger partial charge is 0.448 e. The van der Waals surface area contributed by atoms with Crippen LogP contribution in [-0.4, -0.2) is 19.3 Å². The van der Waals surface area contributed by atoms with Crippen LogP contribution < -0.4 is 5.48 Å². The van der Waals surface area contributed by atoms with Gasteiger partial charge in [0.2, 0.25) is 0 Å². The highest BCUT2D eigenvalue weighted by molar-refractivity contribution is 5.65. The average molecular weight is 147 g/mol. The Balaban J connectivity index is 3.05. The van der Waals surface area contributed by atoms with E-state index in [0.29, 0.717) is 13.2 Å². The number of hydroxylamine groups is 1. The van der Waals surface area contributed by atoms with Crippen LogP contribution in [0.15, 0.2) is 0 Å². The summed E-state index contributed by atoms with van der Waals surface area (Å²) in [4.78, 5) is 15.1. The molecule has 60 valence electrons. The molecule has 0 radical (unpaired) electrons. The first-order valence-electron chi connectivity index (χ1n) is 3.35. The SMILES string of the molecule is CCCONC(=O)OCC. The first kappa shape index (κ1) is 9.23. The number of carbonyl (C=O) groups excluding carboxylic acids is 1. The number of hydrogen-bond donors (Lipinski definition) is 1. The monoisotopic (exact) mass is 147 g/mol. The maximum absolute atomic E-state index is 10.5. The van der Waals surface area contributed by atoms with Crippen LogP contribution in [0.3, 0.4) is 0 Å². The zero-order chi connectivity index (χ0) is 7.82. The average Bonchev–Trinajstić information content (AvgIpc) is 1.89. The summed E-state index contributed by atoms with van der Waals surface area (Å²) in [6.45, 7) is 4.56. The van der Waals surface area contributed by atoms with Crippen molar-refractivity contribution in [2.24, 2.45) is 0 Å². The fourth-order valence-corrected chi connectivity index (χ4v) is 0.373. The lowest BCUT2D eigenvalue weighted by atomic mass is 10.5. The molecule has 0 rings (SSSR count). The normalized spacial score (nSPS) is 9.00. The van der Waals surface area contributed by atoms with Crippen LogP contribution in [0, 0.1) is 0 Å². The zero-order valence-electron chi connectivity index (χ0n) is 6.35. The van der Waals surface area contributed by atoms with E-state index < -0.39 is 6.09 Å². The van der Waals surface area contributed by atoms with Gasteiger partial charge >= 0.3 is 6.09 Å². The molecule has 0 fully saturated rings. The van der Waals surface area contributed by atoms with Gasteiger partial charge in [0.1, 0.15) is 0 Å². The van der Waals surface area contributed by atoms with Gasteiger partial charge in [-0.3, -0.25) is 4.84 Å². The van der Waals surface area contributed by atoms with Gasteiger partial charge < -0.3 is 4.74 Å². The maximum Gasteiger partial charge on any atom is 0.431 e. The number of rotatable bonds is 4. The Labute approximate surface area is 60.5 Å². The first-order valence-corrected chi connectivity index (χ1v) is 3.35. The summed E-state index contributed by atoms with van der Waals surface area (Å²) in [6.07, 6.45) is 0.336. The van der Waals surface area contributed by atoms with Crippen molar-refractivity contribution in [1.82, 2.24) is 5.48 Å². The second-order valence-electron chi connectivity index (χ2n) is 1.67. The lowest BCUT2D eigenvalue weighted by Crippen LogP contribution is -2.24. The smallest absolute Gasteiger partial charge is 0.431 e. The van der Waals surface area contributed by atoms with Crippen molar-refractivity contribution >= 4 is 6.09 Å². The number of amides is 1. The third-order valence-corrected chi connectivity index (χ3v) is 0.737. The molecule has 0 saturated heterocycles. The highest BCUT2D eigenvalue weighted by Gasteiger charge is 1.96. The second-order valence-corrected chi connectivity index (χ2v) is 1.67. The van der Waals surface area contributed by atoms with E-state index >= 15 is 0 Å². The summed E-state index contributed by atoms with van der Waals surface area (Å²) in [7, 11) is 0. The van der Waals surface area contributed by atoms with Crippen molar-refractivity contribution < 1.29 is 14.4 Å². The van der Waals surface area contributed by atoms with Gasteiger partial charge in [-0.05, 0) is 13.3 Å². The molecule has 0 aliphatic rings. The molecule has 10 heavy (non-hydrogen) atoms. The minimum Gasteiger partial charge on any atom is -0.448 e. The van der Waals surface area contributed by atoms with Crippen LogP contribution in [0.4, 0.5) is 4.79 Å². The van der Waals surface area contributed by atoms with Crippen LogP contribution in [0.5, 0.6) is 0 Å². The Kier molecular flexibility index (Phi) is 5.86. The van der Waals surface area contributed by atoms with Gasteiger partial charge in [-0.2, -0.15) is 5.48 Å². The van der Waals surface area contributed by atoms with Gasteiger partial charge in [-0.1, -0.05) is 6.92 Å². The maximum atomic E-state index is 10.5. The summed E-state index contributed by atoms with van der Waals surface area (Å²) in [5, 5.41) is 0. The van der Waals surface area contributed by atoms with E-state index in [0.717, 1.165) is 6.42 Å². The van der Waals surface area contributed by atoms with Crippen molar-refractivity contribution in [3.8, 4) is 0 Å². The summed E-state index contributed by atoms with van der Waals surface area (Å²) in [6, 6.07) is 0. The van der Waals surface area contributed by atoms with Gasteiger partial charge in [0.15, 0.2) is 0 Å². The molecular formula is C6H13NO3. The van der Waals surface area contributed by atoms with E-state index in [1.165, 1.54) is 0 Å². The van der Waals surface area contributed by atoms with E-state index in [9.17, 15) is 4.79 Å². The summed E-state index contributed by atoms with van der Waals surface area (Å²) in [5.41, 5.74) is 2.12. The standard InChI is InChI=1S/C6H13NO3/c1-3-5-10-7-6(8)9-4-2/h3-5H2,1-2H3,(H,7,8). The predicted molar refractivity (Wildman–Crippen MR) is 36.4 cm³/mol. The molecule has 1 amide bonds. The van der Waals surface area contributed by atoms with Crippen molar-refractivity contribution in [3.63, 3.8) is 0 Å². The summed E-state index contributed by atoms with van der Waals surface area (Å²) in [5.74, 6) is 0. The molecule has 0 bridgehead atoms. The molecule has 0 aliphatic carbocycles. The van der Waals surface area contributed by atoms with Gasteiger partial charge in [-0.15, -0.1) is 0 Å². The van der Waals surface area contributed by atoms with E-state index in [4.69, 9.17) is 0 Å². The third kappa shape index (κ3) is 5.37. The Morgan fingerprint density at radius 2 is 2.20 bits per heavy atom. The van der Waals surface area contributed by atoms with Gasteiger partial charge in [0, 0.05) is 0 Å². The molecule has 0 unspecified atom stereocenters. The third-order valence-electron chi connectivity index (χ3n) is 0.737. The molecule has 0 aliphatic heterocycles. The number of hydrogen-bond acceptors (Lipinski definition) is 3. The molecule has 0 atom stereocenters. The molecule has 4 nitrogen and oxygen atoms in total. The lowest BCUT2D eigenvalue weighted by molar-refractivity contribution is 0.0299. The molecule has 4 heteroatoms. The van der Waals surface area contributed by atoms with Crippen LogP contribution in [0.2, 0.25) is 0 Å². The minimum absolute atomic E-state index is 0.362. The molecule has 0 aromatic rings. The molecule has 0 spiro atoms. The van der Waals surface area contributed by atoms with Gasteiger partial charge in [-0.25, -0.2) is 4.79 Å². The summed E-state index contributed by atoms with van der Waals surface area (Å²) < 4.78 is 4.51. The Hall–Kier alpha value is -0.770. The topological polar surface area (TPSA) is 47.6 Å². The van der Waals surface area contributed by atoms with Crippen LogP contribution in [0.1, 0.15) is 20.3 Å². The highest BCUT2D eigenvalue weighted by atomic mass is 16.7. The fraction of sp³-hybridized carbons (Fsp3) is 0.833. The molecule has 0 aromatic heterocycles. The molecule has 0 saturated carbocycles. The molecular weight excluding hydrogens is 134 g/mol. The van der Waals surface area contributed by atoms with Crippen molar-refractivity contribution in [2.75, 3.05) is 13.2 Å². The van der Waals surface area contributed by atoms with Crippen molar-refractivity contribution in [2.45, 2.75) is 20.3 Å². The first-order chi connectivity index (χ1) is 4.81. The van der Waals surface area contributed by atoms with E-state index in [1.54, 1.807) is 6.92 Å². The van der Waals surface area contributed by atoms with Crippen LogP contribution in [0.25, 0.3) is 0 Å². The van der Waals surface area contributed by atoms with Gasteiger partial charge in [0.05, 0.1) is 13.2 Å². The number of carbonyl (C=O) groups is 1. The number of nitrogens with one attached hydrogen (secondary N) is 1. The van der Waals surface area contributed by atoms with Crippen molar-refractivity contribution in [1.29, 1.82) is 0 Å². The highest BCUT2D eigenvalue weighted by Crippen LogP contribution is 1.78. The number of ether oxygens (including phenoxy) is 1. The molecule has 1 N–H and O–H groups in total. The molecule has 0 aromatic carbocycles. The quantitative estimate of drug-likeness (QED) is 0.478. The van der Waals surface area contributed by atoms with E-state index in [1.807, 2.05) is 6.92 Å². The second kappa shape index (κ2) is 6.35. The summed E-state index contributed by atoms with van der Waals surface area (Å²) >= 11 is 0. The van der Waals surface area contributed by atoms with Crippen molar-refractivity contribution in [3.05, 3.63) is 0 Å². The molecule has 0 heterocycles.